The minimum Gasteiger partial charge on any atom is -0.493 e. The maximum Gasteiger partial charge on any atom is 0.162 e. The van der Waals surface area contributed by atoms with Crippen molar-refractivity contribution in [2.45, 2.75) is 32.2 Å². The number of ether oxygens (including phenoxy) is 2. The molecule has 1 aromatic carbocycles. The molecular formula is C15H24N2O2. The van der Waals surface area contributed by atoms with Crippen molar-refractivity contribution in [3.63, 3.8) is 0 Å². The fourth-order valence-corrected chi connectivity index (χ4v) is 2.50. The van der Waals surface area contributed by atoms with Crippen LogP contribution in [0.25, 0.3) is 0 Å². The number of hydrogen-bond acceptors (Lipinski definition) is 4. The van der Waals surface area contributed by atoms with E-state index >= 15 is 0 Å². The Morgan fingerprint density at radius 2 is 1.95 bits per heavy atom. The molecule has 2 N–H and O–H groups in total. The number of piperidine rings is 1. The molecule has 0 radical (unpaired) electrons. The van der Waals surface area contributed by atoms with E-state index in [9.17, 15) is 0 Å². The van der Waals surface area contributed by atoms with Gasteiger partial charge in [-0.25, -0.2) is 0 Å². The summed E-state index contributed by atoms with van der Waals surface area (Å²) in [4.78, 5) is 0. The van der Waals surface area contributed by atoms with E-state index in [0.717, 1.165) is 30.3 Å². The van der Waals surface area contributed by atoms with Crippen LogP contribution in [0.5, 0.6) is 11.5 Å². The van der Waals surface area contributed by atoms with Gasteiger partial charge in [0.05, 0.1) is 14.2 Å². The lowest BCUT2D eigenvalue weighted by Crippen LogP contribution is -2.39. The van der Waals surface area contributed by atoms with E-state index in [1.54, 1.807) is 14.2 Å². The smallest absolute Gasteiger partial charge is 0.162 e. The number of hydrogen-bond donors (Lipinski definition) is 2. The number of benzene rings is 1. The molecule has 0 saturated carbocycles. The van der Waals surface area contributed by atoms with Crippen molar-refractivity contribution in [3.8, 4) is 11.5 Å². The maximum absolute atomic E-state index is 5.34. The average Bonchev–Trinajstić information content (AvgIpc) is 2.46. The summed E-state index contributed by atoms with van der Waals surface area (Å²) in [7, 11) is 3.33. The first-order valence-electron chi connectivity index (χ1n) is 6.94. The molecule has 1 saturated heterocycles. The molecule has 0 bridgehead atoms. The summed E-state index contributed by atoms with van der Waals surface area (Å²) in [5.41, 5.74) is 2.29. The molecule has 1 heterocycles. The van der Waals surface area contributed by atoms with Gasteiger partial charge in [0.15, 0.2) is 11.5 Å². The number of aryl methyl sites for hydroxylation is 1. The van der Waals surface area contributed by atoms with Crippen LogP contribution in [-0.4, -0.2) is 33.4 Å². The highest BCUT2D eigenvalue weighted by Crippen LogP contribution is 2.32. The van der Waals surface area contributed by atoms with Crippen LogP contribution in [0.2, 0.25) is 0 Å². The zero-order chi connectivity index (χ0) is 13.7. The van der Waals surface area contributed by atoms with Gasteiger partial charge in [-0.15, -0.1) is 0 Å². The summed E-state index contributed by atoms with van der Waals surface area (Å²) in [5.74, 6) is 1.55. The molecule has 0 aromatic heterocycles. The Morgan fingerprint density at radius 1 is 1.21 bits per heavy atom. The molecule has 0 amide bonds. The minimum absolute atomic E-state index is 0.571. The summed E-state index contributed by atoms with van der Waals surface area (Å²) in [6.45, 7) is 4.17. The van der Waals surface area contributed by atoms with Crippen molar-refractivity contribution in [1.29, 1.82) is 0 Å². The van der Waals surface area contributed by atoms with E-state index in [1.807, 2.05) is 12.1 Å². The fraction of sp³-hybridized carbons (Fsp3) is 0.600. The van der Waals surface area contributed by atoms with Crippen molar-refractivity contribution in [1.82, 2.24) is 5.32 Å². The average molecular weight is 264 g/mol. The lowest BCUT2D eigenvalue weighted by atomic mass is 10.0. The summed E-state index contributed by atoms with van der Waals surface area (Å²) >= 11 is 0. The monoisotopic (exact) mass is 264 g/mol. The second-order valence-corrected chi connectivity index (χ2v) is 5.05. The molecule has 2 rings (SSSR count). The Labute approximate surface area is 115 Å². The molecule has 0 spiro atoms. The van der Waals surface area contributed by atoms with E-state index in [-0.39, 0.29) is 0 Å². The summed E-state index contributed by atoms with van der Waals surface area (Å²) in [6.07, 6.45) is 3.87. The number of anilines is 1. The number of rotatable bonds is 5. The standard InChI is InChI=1S/C15H24N2O2/c1-11-8-14(18-2)15(19-3)9-13(11)17-10-12-6-4-5-7-16-12/h8-9,12,16-17H,4-7,10H2,1-3H3. The largest absolute Gasteiger partial charge is 0.493 e. The highest BCUT2D eigenvalue weighted by atomic mass is 16.5. The molecule has 0 aliphatic carbocycles. The minimum atomic E-state index is 0.571. The van der Waals surface area contributed by atoms with Crippen molar-refractivity contribution >= 4 is 5.69 Å². The molecule has 1 aliphatic heterocycles. The normalized spacial score (nSPS) is 19.0. The van der Waals surface area contributed by atoms with E-state index in [4.69, 9.17) is 9.47 Å². The van der Waals surface area contributed by atoms with Crippen LogP contribution >= 0.6 is 0 Å². The van der Waals surface area contributed by atoms with Crippen LogP contribution < -0.4 is 20.1 Å². The van der Waals surface area contributed by atoms with Gasteiger partial charge in [0.2, 0.25) is 0 Å². The zero-order valence-corrected chi connectivity index (χ0v) is 12.1. The Kier molecular flexibility index (Phi) is 4.91. The Morgan fingerprint density at radius 3 is 2.58 bits per heavy atom. The third-order valence-electron chi connectivity index (χ3n) is 3.68. The van der Waals surface area contributed by atoms with Gasteiger partial charge in [-0.2, -0.15) is 0 Å². The van der Waals surface area contributed by atoms with Gasteiger partial charge in [0, 0.05) is 24.3 Å². The molecule has 1 aromatic rings. The Bertz CT molecular complexity index is 415. The second kappa shape index (κ2) is 6.66. The van der Waals surface area contributed by atoms with Crippen LogP contribution in [0, 0.1) is 6.92 Å². The fourth-order valence-electron chi connectivity index (χ4n) is 2.50. The summed E-state index contributed by atoms with van der Waals surface area (Å²) in [6, 6.07) is 4.59. The van der Waals surface area contributed by atoms with Crippen LogP contribution in [0.1, 0.15) is 24.8 Å². The van der Waals surface area contributed by atoms with E-state index in [2.05, 4.69) is 17.6 Å². The van der Waals surface area contributed by atoms with Crippen molar-refractivity contribution in [2.24, 2.45) is 0 Å². The van der Waals surface area contributed by atoms with Crippen molar-refractivity contribution in [3.05, 3.63) is 17.7 Å². The van der Waals surface area contributed by atoms with E-state index < -0.39 is 0 Å². The van der Waals surface area contributed by atoms with Crippen molar-refractivity contribution < 1.29 is 9.47 Å². The third kappa shape index (κ3) is 3.53. The van der Waals surface area contributed by atoms with Gasteiger partial charge in [-0.3, -0.25) is 0 Å². The van der Waals surface area contributed by atoms with Crippen molar-refractivity contribution in [2.75, 3.05) is 32.6 Å². The lowest BCUT2D eigenvalue weighted by Gasteiger charge is -2.24. The number of methoxy groups -OCH3 is 2. The molecule has 1 unspecified atom stereocenters. The molecule has 4 nitrogen and oxygen atoms in total. The highest BCUT2D eigenvalue weighted by molar-refractivity contribution is 5.60. The van der Waals surface area contributed by atoms with Gasteiger partial charge in [0.25, 0.3) is 0 Å². The summed E-state index contributed by atoms with van der Waals surface area (Å²) < 4.78 is 10.6. The van der Waals surface area contributed by atoms with Crippen LogP contribution in [0.15, 0.2) is 12.1 Å². The lowest BCUT2D eigenvalue weighted by molar-refractivity contribution is 0.355. The van der Waals surface area contributed by atoms with Crippen LogP contribution in [0.4, 0.5) is 5.69 Å². The molecule has 1 atom stereocenters. The van der Waals surface area contributed by atoms with Gasteiger partial charge in [0.1, 0.15) is 0 Å². The molecule has 4 heteroatoms. The SMILES string of the molecule is COc1cc(C)c(NCC2CCCCN2)cc1OC. The second-order valence-electron chi connectivity index (χ2n) is 5.05. The Hall–Kier alpha value is -1.42. The van der Waals surface area contributed by atoms with Crippen LogP contribution in [0.3, 0.4) is 0 Å². The maximum atomic E-state index is 5.34. The quantitative estimate of drug-likeness (QED) is 0.858. The molecule has 106 valence electrons. The topological polar surface area (TPSA) is 42.5 Å². The number of nitrogens with one attached hydrogen (secondary N) is 2. The van der Waals surface area contributed by atoms with E-state index in [1.165, 1.54) is 24.8 Å². The predicted molar refractivity (Wildman–Crippen MR) is 78.4 cm³/mol. The molecule has 19 heavy (non-hydrogen) atoms. The van der Waals surface area contributed by atoms with E-state index in [0.29, 0.717) is 6.04 Å². The van der Waals surface area contributed by atoms with Gasteiger partial charge >= 0.3 is 0 Å². The third-order valence-corrected chi connectivity index (χ3v) is 3.68. The molecular weight excluding hydrogens is 240 g/mol. The first kappa shape index (κ1) is 14.0. The zero-order valence-electron chi connectivity index (χ0n) is 12.1. The van der Waals surface area contributed by atoms with Gasteiger partial charge in [-0.05, 0) is 37.9 Å². The predicted octanol–water partition coefficient (Wildman–Crippen LogP) is 2.57. The van der Waals surface area contributed by atoms with Crippen LogP contribution in [-0.2, 0) is 0 Å². The first-order chi connectivity index (χ1) is 9.24. The summed E-state index contributed by atoms with van der Waals surface area (Å²) in [5, 5.41) is 7.05. The molecule has 1 fully saturated rings. The Balaban J connectivity index is 2.02. The van der Waals surface area contributed by atoms with Gasteiger partial charge < -0.3 is 20.1 Å². The molecule has 1 aliphatic rings. The highest BCUT2D eigenvalue weighted by Gasteiger charge is 2.13. The first-order valence-corrected chi connectivity index (χ1v) is 6.94. The van der Waals surface area contributed by atoms with Gasteiger partial charge in [-0.1, -0.05) is 6.42 Å².